The first-order valence-corrected chi connectivity index (χ1v) is 5.17. The highest BCUT2D eigenvalue weighted by Crippen LogP contribution is 2.17. The lowest BCUT2D eigenvalue weighted by molar-refractivity contribution is -0.146. The van der Waals surface area contributed by atoms with E-state index in [-0.39, 0.29) is 12.0 Å². The van der Waals surface area contributed by atoms with E-state index in [1.807, 2.05) is 18.7 Å². The highest BCUT2D eigenvalue weighted by atomic mass is 16.4. The van der Waals surface area contributed by atoms with Crippen LogP contribution in [0.25, 0.3) is 0 Å². The fourth-order valence-corrected chi connectivity index (χ4v) is 2.10. The number of rotatable bonds is 3. The topological polar surface area (TPSA) is 60.8 Å². The summed E-state index contributed by atoms with van der Waals surface area (Å²) in [7, 11) is 0. The van der Waals surface area contributed by atoms with Crippen molar-refractivity contribution in [3.05, 3.63) is 0 Å². The van der Waals surface area contributed by atoms with E-state index in [9.17, 15) is 9.90 Å². The number of aliphatic carboxylic acids is 1. The molecule has 0 bridgehead atoms. The number of hydrogen-bond acceptors (Lipinski definition) is 3. The van der Waals surface area contributed by atoms with Crippen LogP contribution in [0.15, 0.2) is 0 Å². The Balaban J connectivity index is 2.63. The van der Waals surface area contributed by atoms with Gasteiger partial charge in [0.2, 0.25) is 0 Å². The van der Waals surface area contributed by atoms with Gasteiger partial charge in [0.05, 0.1) is 6.10 Å². The lowest BCUT2D eigenvalue weighted by Crippen LogP contribution is -2.50. The van der Waals surface area contributed by atoms with Gasteiger partial charge in [0.25, 0.3) is 0 Å². The third-order valence-electron chi connectivity index (χ3n) is 2.71. The number of carbonyl (C=O) groups is 1. The van der Waals surface area contributed by atoms with E-state index in [1.165, 1.54) is 0 Å². The van der Waals surface area contributed by atoms with E-state index in [2.05, 4.69) is 0 Å². The summed E-state index contributed by atoms with van der Waals surface area (Å²) in [4.78, 5) is 12.9. The highest BCUT2D eigenvalue weighted by molar-refractivity contribution is 5.73. The van der Waals surface area contributed by atoms with Crippen molar-refractivity contribution in [3.8, 4) is 0 Å². The Morgan fingerprint density at radius 3 is 2.57 bits per heavy atom. The van der Waals surface area contributed by atoms with Gasteiger partial charge < -0.3 is 10.2 Å². The molecule has 1 heterocycles. The van der Waals surface area contributed by atoms with Crippen molar-refractivity contribution in [1.29, 1.82) is 0 Å². The summed E-state index contributed by atoms with van der Waals surface area (Å²) in [6.07, 6.45) is 1.32. The Labute approximate surface area is 84.5 Å². The lowest BCUT2D eigenvalue weighted by atomic mass is 9.98. The number of aliphatic hydroxyl groups is 1. The summed E-state index contributed by atoms with van der Waals surface area (Å²) < 4.78 is 0. The molecule has 1 fully saturated rings. The molecule has 0 spiro atoms. The molecule has 0 aliphatic carbocycles. The maximum Gasteiger partial charge on any atom is 0.321 e. The number of carboxylic acid groups (broad SMARTS) is 1. The van der Waals surface area contributed by atoms with Crippen LogP contribution in [0.1, 0.15) is 26.7 Å². The predicted molar refractivity (Wildman–Crippen MR) is 53.1 cm³/mol. The number of nitrogens with zero attached hydrogens (tertiary/aromatic N) is 1. The van der Waals surface area contributed by atoms with E-state index in [1.54, 1.807) is 0 Å². The molecule has 0 aromatic carbocycles. The van der Waals surface area contributed by atoms with Crippen LogP contribution >= 0.6 is 0 Å². The standard InChI is InChI=1S/C10H19NO3/c1-7(2)9(10(13)14)11-5-3-4-8(12)6-11/h7-9,12H,3-6H2,1-2H3,(H,13,14). The fraction of sp³-hybridized carbons (Fsp3) is 0.900. The monoisotopic (exact) mass is 201 g/mol. The maximum atomic E-state index is 11.0. The normalized spacial score (nSPS) is 26.4. The summed E-state index contributed by atoms with van der Waals surface area (Å²) in [5.74, 6) is -0.702. The maximum absolute atomic E-state index is 11.0. The molecule has 1 rings (SSSR count). The Kier molecular flexibility index (Phi) is 3.89. The Bertz CT molecular complexity index is 206. The molecule has 14 heavy (non-hydrogen) atoms. The molecule has 0 saturated carbocycles. The second-order valence-electron chi connectivity index (χ2n) is 4.32. The first-order valence-electron chi connectivity index (χ1n) is 5.17. The van der Waals surface area contributed by atoms with Crippen LogP contribution in [0.2, 0.25) is 0 Å². The quantitative estimate of drug-likeness (QED) is 0.700. The number of piperidine rings is 1. The first kappa shape index (κ1) is 11.5. The molecule has 2 atom stereocenters. The van der Waals surface area contributed by atoms with Gasteiger partial charge in [0.1, 0.15) is 6.04 Å². The van der Waals surface area contributed by atoms with Gasteiger partial charge >= 0.3 is 5.97 Å². The minimum atomic E-state index is -0.783. The van der Waals surface area contributed by atoms with Crippen LogP contribution in [0, 0.1) is 5.92 Å². The zero-order chi connectivity index (χ0) is 10.7. The lowest BCUT2D eigenvalue weighted by Gasteiger charge is -2.36. The van der Waals surface area contributed by atoms with Gasteiger partial charge in [0, 0.05) is 6.54 Å². The average molecular weight is 201 g/mol. The second kappa shape index (κ2) is 4.75. The molecule has 2 unspecified atom stereocenters. The van der Waals surface area contributed by atoms with Crippen molar-refractivity contribution >= 4 is 5.97 Å². The van der Waals surface area contributed by atoms with Crippen LogP contribution in [0.5, 0.6) is 0 Å². The predicted octanol–water partition coefficient (Wildman–Crippen LogP) is 0.552. The molecule has 4 heteroatoms. The van der Waals surface area contributed by atoms with Crippen LogP contribution in [0.4, 0.5) is 0 Å². The molecule has 0 aromatic rings. The van der Waals surface area contributed by atoms with Gasteiger partial charge in [0.15, 0.2) is 0 Å². The zero-order valence-electron chi connectivity index (χ0n) is 8.81. The minimum Gasteiger partial charge on any atom is -0.480 e. The van der Waals surface area contributed by atoms with E-state index < -0.39 is 12.0 Å². The molecule has 1 aliphatic rings. The number of carboxylic acids is 1. The summed E-state index contributed by atoms with van der Waals surface area (Å²) in [6, 6.07) is -0.454. The molecule has 0 aromatic heterocycles. The van der Waals surface area contributed by atoms with Crippen molar-refractivity contribution < 1.29 is 15.0 Å². The van der Waals surface area contributed by atoms with Gasteiger partial charge in [-0.25, -0.2) is 0 Å². The molecular weight excluding hydrogens is 182 g/mol. The summed E-state index contributed by atoms with van der Waals surface area (Å²) >= 11 is 0. The minimum absolute atomic E-state index is 0.0813. The van der Waals surface area contributed by atoms with Crippen molar-refractivity contribution in [2.24, 2.45) is 5.92 Å². The van der Waals surface area contributed by atoms with Crippen molar-refractivity contribution in [3.63, 3.8) is 0 Å². The highest BCUT2D eigenvalue weighted by Gasteiger charge is 2.31. The third kappa shape index (κ3) is 2.69. The molecule has 82 valence electrons. The van der Waals surface area contributed by atoms with Crippen LogP contribution in [-0.2, 0) is 4.79 Å². The van der Waals surface area contributed by atoms with Gasteiger partial charge in [-0.3, -0.25) is 9.69 Å². The Morgan fingerprint density at radius 1 is 1.50 bits per heavy atom. The van der Waals surface area contributed by atoms with E-state index in [0.29, 0.717) is 6.54 Å². The largest absolute Gasteiger partial charge is 0.480 e. The van der Waals surface area contributed by atoms with Crippen LogP contribution in [-0.4, -0.2) is 46.3 Å². The number of hydrogen-bond donors (Lipinski definition) is 2. The second-order valence-corrected chi connectivity index (χ2v) is 4.32. The van der Waals surface area contributed by atoms with Gasteiger partial charge in [-0.2, -0.15) is 0 Å². The van der Waals surface area contributed by atoms with Gasteiger partial charge in [-0.1, -0.05) is 13.8 Å². The SMILES string of the molecule is CC(C)C(C(=O)O)N1CCCC(O)C1. The number of aliphatic hydroxyl groups excluding tert-OH is 1. The molecular formula is C10H19NO3. The van der Waals surface area contributed by atoms with E-state index in [0.717, 1.165) is 19.4 Å². The molecule has 0 radical (unpaired) electrons. The Morgan fingerprint density at radius 2 is 2.14 bits per heavy atom. The molecule has 1 saturated heterocycles. The molecule has 0 amide bonds. The van der Waals surface area contributed by atoms with Crippen molar-refractivity contribution in [1.82, 2.24) is 4.90 Å². The first-order chi connectivity index (χ1) is 6.52. The summed E-state index contributed by atoms with van der Waals surface area (Å²) in [5.41, 5.74) is 0. The smallest absolute Gasteiger partial charge is 0.321 e. The van der Waals surface area contributed by atoms with E-state index in [4.69, 9.17) is 5.11 Å². The zero-order valence-corrected chi connectivity index (χ0v) is 8.81. The van der Waals surface area contributed by atoms with E-state index >= 15 is 0 Å². The molecule has 1 aliphatic heterocycles. The summed E-state index contributed by atoms with van der Waals surface area (Å²) in [5, 5.41) is 18.5. The van der Waals surface area contributed by atoms with Gasteiger partial charge in [-0.15, -0.1) is 0 Å². The fourth-order valence-electron chi connectivity index (χ4n) is 2.10. The Hall–Kier alpha value is -0.610. The number of β-amino-alcohol motifs (C(OH)–C–C–N with tert-alkyl or cyclic N) is 1. The number of likely N-dealkylation sites (tertiary alicyclic amines) is 1. The van der Waals surface area contributed by atoms with Crippen molar-refractivity contribution in [2.45, 2.75) is 38.8 Å². The van der Waals surface area contributed by atoms with Crippen molar-refractivity contribution in [2.75, 3.05) is 13.1 Å². The van der Waals surface area contributed by atoms with Gasteiger partial charge in [-0.05, 0) is 25.3 Å². The summed E-state index contributed by atoms with van der Waals surface area (Å²) in [6.45, 7) is 5.08. The van der Waals surface area contributed by atoms with Crippen LogP contribution in [0.3, 0.4) is 0 Å². The third-order valence-corrected chi connectivity index (χ3v) is 2.71. The molecule has 2 N–H and O–H groups in total. The van der Waals surface area contributed by atoms with Crippen LogP contribution < -0.4 is 0 Å². The average Bonchev–Trinajstić information content (AvgIpc) is 2.02. The molecule has 4 nitrogen and oxygen atoms in total.